The van der Waals surface area contributed by atoms with Gasteiger partial charge >= 0.3 is 0 Å². The smallest absolute Gasteiger partial charge is 0.274 e. The summed E-state index contributed by atoms with van der Waals surface area (Å²) in [4.78, 5) is 19.5. The molecule has 0 saturated heterocycles. The average molecular weight is 165 g/mol. The Morgan fingerprint density at radius 3 is 3.25 bits per heavy atom. The van der Waals surface area contributed by atoms with Gasteiger partial charge in [-0.1, -0.05) is 0 Å². The molecule has 1 rings (SSSR count). The summed E-state index contributed by atoms with van der Waals surface area (Å²) in [5.41, 5.74) is 2.72. The van der Waals surface area contributed by atoms with Crippen LogP contribution in [0.3, 0.4) is 0 Å². The van der Waals surface area contributed by atoms with Gasteiger partial charge in [0.1, 0.15) is 0 Å². The SMILES string of the molecule is CCONC(=O)c1cc[c]nc1. The first-order chi connectivity index (χ1) is 5.84. The Balaban J connectivity index is 2.54. The first kappa shape index (κ1) is 8.67. The van der Waals surface area contributed by atoms with Crippen molar-refractivity contribution in [2.24, 2.45) is 0 Å². The molecule has 4 heteroatoms. The third-order valence-electron chi connectivity index (χ3n) is 1.19. The molecule has 0 atom stereocenters. The van der Waals surface area contributed by atoms with Crippen molar-refractivity contribution in [2.75, 3.05) is 6.61 Å². The Kier molecular flexibility index (Phi) is 3.22. The fraction of sp³-hybridized carbons (Fsp3) is 0.250. The monoisotopic (exact) mass is 165 g/mol. The van der Waals surface area contributed by atoms with Gasteiger partial charge in [-0.05, 0) is 19.1 Å². The second-order valence-corrected chi connectivity index (χ2v) is 2.04. The van der Waals surface area contributed by atoms with Crippen molar-refractivity contribution in [1.29, 1.82) is 0 Å². The van der Waals surface area contributed by atoms with Crippen LogP contribution >= 0.6 is 0 Å². The molecule has 1 aromatic rings. The molecule has 1 heterocycles. The van der Waals surface area contributed by atoms with Crippen molar-refractivity contribution < 1.29 is 9.63 Å². The fourth-order valence-corrected chi connectivity index (χ4v) is 0.651. The molecule has 0 bridgehead atoms. The van der Waals surface area contributed by atoms with Crippen molar-refractivity contribution in [1.82, 2.24) is 10.5 Å². The molecule has 1 radical (unpaired) electrons. The van der Waals surface area contributed by atoms with E-state index in [1.54, 1.807) is 19.1 Å². The zero-order valence-electron chi connectivity index (χ0n) is 6.70. The van der Waals surface area contributed by atoms with Crippen LogP contribution in [0.2, 0.25) is 0 Å². The number of hydroxylamine groups is 1. The number of nitrogens with zero attached hydrogens (tertiary/aromatic N) is 1. The van der Waals surface area contributed by atoms with E-state index in [-0.39, 0.29) is 5.91 Å². The zero-order chi connectivity index (χ0) is 8.81. The predicted molar refractivity (Wildman–Crippen MR) is 42.2 cm³/mol. The summed E-state index contributed by atoms with van der Waals surface area (Å²) >= 11 is 0. The summed E-state index contributed by atoms with van der Waals surface area (Å²) in [5, 5.41) is 0. The predicted octanol–water partition coefficient (Wildman–Crippen LogP) is 0.563. The number of hydrogen-bond donors (Lipinski definition) is 1. The molecule has 1 N–H and O–H groups in total. The maximum atomic E-state index is 11.1. The molecule has 1 amide bonds. The highest BCUT2D eigenvalue weighted by atomic mass is 16.6. The number of pyridine rings is 1. The molecule has 0 aliphatic heterocycles. The van der Waals surface area contributed by atoms with Crippen LogP contribution in [-0.2, 0) is 4.84 Å². The number of amides is 1. The number of nitrogens with one attached hydrogen (secondary N) is 1. The molecule has 0 aliphatic rings. The van der Waals surface area contributed by atoms with Crippen LogP contribution in [-0.4, -0.2) is 17.5 Å². The van der Waals surface area contributed by atoms with Crippen LogP contribution in [0.1, 0.15) is 17.3 Å². The summed E-state index contributed by atoms with van der Waals surface area (Å²) in [6.45, 7) is 2.23. The Labute approximate surface area is 70.5 Å². The van der Waals surface area contributed by atoms with E-state index in [2.05, 4.69) is 16.7 Å². The largest absolute Gasteiger partial charge is 0.276 e. The molecule has 0 unspecified atom stereocenters. The van der Waals surface area contributed by atoms with Crippen LogP contribution < -0.4 is 5.48 Å². The second-order valence-electron chi connectivity index (χ2n) is 2.04. The summed E-state index contributed by atoms with van der Waals surface area (Å²) in [5.74, 6) is -0.293. The highest BCUT2D eigenvalue weighted by Crippen LogP contribution is 1.93. The van der Waals surface area contributed by atoms with Crippen molar-refractivity contribution in [3.05, 3.63) is 30.1 Å². The quantitative estimate of drug-likeness (QED) is 0.666. The zero-order valence-corrected chi connectivity index (χ0v) is 6.70. The molecule has 63 valence electrons. The first-order valence-electron chi connectivity index (χ1n) is 3.59. The van der Waals surface area contributed by atoms with Gasteiger partial charge < -0.3 is 0 Å². The highest BCUT2D eigenvalue weighted by Gasteiger charge is 2.02. The Morgan fingerprint density at radius 2 is 2.67 bits per heavy atom. The van der Waals surface area contributed by atoms with Crippen molar-refractivity contribution in [3.63, 3.8) is 0 Å². The molecule has 0 fully saturated rings. The number of rotatable bonds is 3. The Hall–Kier alpha value is -1.42. The maximum absolute atomic E-state index is 11.1. The summed E-state index contributed by atoms with van der Waals surface area (Å²) in [6, 6.07) is 3.18. The highest BCUT2D eigenvalue weighted by molar-refractivity contribution is 5.92. The number of hydrogen-bond acceptors (Lipinski definition) is 3. The van der Waals surface area contributed by atoms with E-state index in [1.165, 1.54) is 6.20 Å². The lowest BCUT2D eigenvalue weighted by molar-refractivity contribution is 0.0364. The minimum Gasteiger partial charge on any atom is -0.274 e. The summed E-state index contributed by atoms with van der Waals surface area (Å²) < 4.78 is 0. The van der Waals surface area contributed by atoms with Gasteiger partial charge in [0.2, 0.25) is 0 Å². The van der Waals surface area contributed by atoms with Crippen molar-refractivity contribution in [3.8, 4) is 0 Å². The van der Waals surface area contributed by atoms with Gasteiger partial charge in [0.05, 0.1) is 18.4 Å². The first-order valence-corrected chi connectivity index (χ1v) is 3.59. The van der Waals surface area contributed by atoms with Crippen LogP contribution in [0.5, 0.6) is 0 Å². The molecule has 4 nitrogen and oxygen atoms in total. The van der Waals surface area contributed by atoms with Gasteiger partial charge in [-0.15, -0.1) is 0 Å². The van der Waals surface area contributed by atoms with Gasteiger partial charge in [0, 0.05) is 6.20 Å². The standard InChI is InChI=1S/C8H9N2O2/c1-2-12-10-8(11)7-4-3-5-9-6-7/h3-4,6H,2H2,1H3,(H,10,11). The molecule has 0 aromatic carbocycles. The molecule has 0 spiro atoms. The summed E-state index contributed by atoms with van der Waals surface area (Å²) in [6.07, 6.45) is 4.00. The van der Waals surface area contributed by atoms with Gasteiger partial charge in [-0.25, -0.2) is 5.48 Å². The Morgan fingerprint density at radius 1 is 1.83 bits per heavy atom. The molecular formula is C8H9N2O2. The van der Waals surface area contributed by atoms with Crippen molar-refractivity contribution in [2.45, 2.75) is 6.92 Å². The normalized spacial score (nSPS) is 9.42. The third-order valence-corrected chi connectivity index (χ3v) is 1.19. The molecule has 0 saturated carbocycles. The van der Waals surface area contributed by atoms with E-state index in [1.807, 2.05) is 0 Å². The van der Waals surface area contributed by atoms with Gasteiger partial charge in [-0.2, -0.15) is 0 Å². The fourth-order valence-electron chi connectivity index (χ4n) is 0.651. The lowest BCUT2D eigenvalue weighted by Gasteiger charge is -2.01. The molecule has 12 heavy (non-hydrogen) atoms. The second kappa shape index (κ2) is 4.46. The van der Waals surface area contributed by atoms with Crippen LogP contribution in [0, 0.1) is 6.20 Å². The molecule has 0 aliphatic carbocycles. The van der Waals surface area contributed by atoms with Gasteiger partial charge in [0.25, 0.3) is 5.91 Å². The van der Waals surface area contributed by atoms with E-state index >= 15 is 0 Å². The maximum Gasteiger partial charge on any atom is 0.276 e. The number of aromatic nitrogens is 1. The number of carbonyl (C=O) groups is 1. The van der Waals surface area contributed by atoms with E-state index in [0.29, 0.717) is 12.2 Å². The minimum absolute atomic E-state index is 0.293. The van der Waals surface area contributed by atoms with Crippen molar-refractivity contribution >= 4 is 5.91 Å². The average Bonchev–Trinajstić information content (AvgIpc) is 2.15. The lowest BCUT2D eigenvalue weighted by atomic mass is 10.3. The molecule has 1 aromatic heterocycles. The van der Waals surface area contributed by atoms with E-state index in [4.69, 9.17) is 4.84 Å². The Bertz CT molecular complexity index is 248. The van der Waals surface area contributed by atoms with Crippen LogP contribution in [0.25, 0.3) is 0 Å². The number of carbonyl (C=O) groups excluding carboxylic acids is 1. The molecular weight excluding hydrogens is 156 g/mol. The lowest BCUT2D eigenvalue weighted by Crippen LogP contribution is -2.23. The van der Waals surface area contributed by atoms with E-state index in [9.17, 15) is 4.79 Å². The van der Waals surface area contributed by atoms with Crippen LogP contribution in [0.4, 0.5) is 0 Å². The van der Waals surface area contributed by atoms with Crippen LogP contribution in [0.15, 0.2) is 18.3 Å². The van der Waals surface area contributed by atoms with E-state index < -0.39 is 0 Å². The topological polar surface area (TPSA) is 51.2 Å². The van der Waals surface area contributed by atoms with Gasteiger partial charge in [-0.3, -0.25) is 14.6 Å². The van der Waals surface area contributed by atoms with Gasteiger partial charge in [0.15, 0.2) is 0 Å². The third kappa shape index (κ3) is 2.32. The minimum atomic E-state index is -0.293. The van der Waals surface area contributed by atoms with E-state index in [0.717, 1.165) is 0 Å². The summed E-state index contributed by atoms with van der Waals surface area (Å²) in [7, 11) is 0.